The average Bonchev–Trinajstić information content (AvgIpc) is 2.70. The van der Waals surface area contributed by atoms with Crippen molar-refractivity contribution in [3.63, 3.8) is 0 Å². The molecule has 0 saturated heterocycles. The number of nitrogens with one attached hydrogen (secondary N) is 1. The van der Waals surface area contributed by atoms with Crippen molar-refractivity contribution in [2.75, 3.05) is 4.90 Å². The molecule has 1 N–H and O–H groups in total. The Bertz CT molecular complexity index is 1060. The third kappa shape index (κ3) is 2.22. The molecule has 5 rings (SSSR count). The minimum Gasteiger partial charge on any atom is -0.327 e. The van der Waals surface area contributed by atoms with Crippen LogP contribution in [0, 0.1) is 0 Å². The summed E-state index contributed by atoms with van der Waals surface area (Å²) in [6, 6.07) is 26.5. The number of hydrogen-bond donors (Lipinski definition) is 1. The molecule has 0 bridgehead atoms. The van der Waals surface area contributed by atoms with Crippen molar-refractivity contribution < 1.29 is 4.79 Å². The van der Waals surface area contributed by atoms with Crippen molar-refractivity contribution >= 4 is 43.5 Å². The van der Waals surface area contributed by atoms with Crippen LogP contribution in [0.4, 0.5) is 5.69 Å². The maximum Gasteiger partial charge on any atom is 0.255 e. The predicted molar refractivity (Wildman–Crippen MR) is 113 cm³/mol. The van der Waals surface area contributed by atoms with Crippen LogP contribution in [0.3, 0.4) is 0 Å². The summed E-state index contributed by atoms with van der Waals surface area (Å²) < 4.78 is 1.19. The molecule has 0 spiro atoms. The summed E-state index contributed by atoms with van der Waals surface area (Å²) in [5, 5.41) is 3.20. The number of amides is 1. The van der Waals surface area contributed by atoms with Gasteiger partial charge in [0, 0.05) is 9.14 Å². The van der Waals surface area contributed by atoms with Crippen molar-refractivity contribution in [3.05, 3.63) is 101 Å². The fourth-order valence-corrected chi connectivity index (χ4v) is 4.84. The molecule has 1 atom stereocenters. The van der Waals surface area contributed by atoms with E-state index in [1.165, 1.54) is 9.14 Å². The monoisotopic (exact) mass is 450 g/mol. The molecule has 26 heavy (non-hydrogen) atoms. The first-order valence-corrected chi connectivity index (χ1v) is 9.57. The van der Waals surface area contributed by atoms with Crippen molar-refractivity contribution in [3.8, 4) is 0 Å². The van der Waals surface area contributed by atoms with Gasteiger partial charge in [-0.25, -0.2) is 0 Å². The first-order chi connectivity index (χ1) is 12.8. The molecular formula is C22H15IN2O. The van der Waals surface area contributed by atoms with Gasteiger partial charge in [0.25, 0.3) is 5.91 Å². The Hall–Kier alpha value is -2.60. The molecule has 3 aromatic rings. The van der Waals surface area contributed by atoms with E-state index in [-0.39, 0.29) is 12.1 Å². The lowest BCUT2D eigenvalue weighted by atomic mass is 9.92. The molecule has 126 valence electrons. The van der Waals surface area contributed by atoms with Crippen molar-refractivity contribution in [2.45, 2.75) is 6.17 Å². The van der Waals surface area contributed by atoms with E-state index in [1.807, 2.05) is 42.5 Å². The molecule has 2 aliphatic rings. The van der Waals surface area contributed by atoms with Gasteiger partial charge in [0.2, 0.25) is 0 Å². The fraction of sp³-hybridized carbons (Fsp3) is 0.0455. The van der Waals surface area contributed by atoms with Crippen molar-refractivity contribution in [1.82, 2.24) is 5.32 Å². The Balaban J connectivity index is 1.85. The maximum atomic E-state index is 12.7. The van der Waals surface area contributed by atoms with E-state index >= 15 is 0 Å². The smallest absolute Gasteiger partial charge is 0.255 e. The highest BCUT2D eigenvalue weighted by atomic mass is 127. The second-order valence-corrected chi connectivity index (χ2v) is 7.46. The highest BCUT2D eigenvalue weighted by Crippen LogP contribution is 2.49. The fourth-order valence-electron chi connectivity index (χ4n) is 3.78. The lowest BCUT2D eigenvalue weighted by Gasteiger charge is -2.44. The molecule has 0 saturated carbocycles. The number of rotatable bonds is 1. The van der Waals surface area contributed by atoms with Gasteiger partial charge in [0.1, 0.15) is 6.17 Å². The van der Waals surface area contributed by atoms with Gasteiger partial charge in [-0.15, -0.1) is 0 Å². The van der Waals surface area contributed by atoms with Crippen LogP contribution < -0.4 is 10.2 Å². The van der Waals surface area contributed by atoms with Crippen LogP contribution >= 0.6 is 22.6 Å². The van der Waals surface area contributed by atoms with Crippen LogP contribution in [0.5, 0.6) is 0 Å². The van der Waals surface area contributed by atoms with Gasteiger partial charge in [-0.3, -0.25) is 4.79 Å². The molecule has 1 amide bonds. The standard InChI is InChI=1S/C22H15IN2O/c23-19-15-10-4-5-11-16(15)21-24-22(26)17-12-6-7-13-18(17)25(21)20(19)14-8-2-1-3-9-14/h1-13,21H,(H,24,26). The van der Waals surface area contributed by atoms with Crippen LogP contribution in [0.2, 0.25) is 0 Å². The summed E-state index contributed by atoms with van der Waals surface area (Å²) in [5.74, 6) is -0.0269. The number of fused-ring (bicyclic) bond motifs is 5. The third-order valence-electron chi connectivity index (χ3n) is 4.92. The van der Waals surface area contributed by atoms with Gasteiger partial charge in [0.15, 0.2) is 0 Å². The highest BCUT2D eigenvalue weighted by molar-refractivity contribution is 14.1. The largest absolute Gasteiger partial charge is 0.327 e. The van der Waals surface area contributed by atoms with E-state index in [9.17, 15) is 4.79 Å². The number of anilines is 1. The molecule has 1 unspecified atom stereocenters. The number of para-hydroxylation sites is 1. The van der Waals surface area contributed by atoms with Crippen molar-refractivity contribution in [1.29, 1.82) is 0 Å². The van der Waals surface area contributed by atoms with E-state index in [0.717, 1.165) is 22.5 Å². The minimum atomic E-state index is -0.206. The lowest BCUT2D eigenvalue weighted by Crippen LogP contribution is -2.47. The first-order valence-electron chi connectivity index (χ1n) is 8.49. The summed E-state index contributed by atoms with van der Waals surface area (Å²) in [6.07, 6.45) is -0.206. The second-order valence-electron chi connectivity index (χ2n) is 6.38. The molecular weight excluding hydrogens is 435 g/mol. The summed E-state index contributed by atoms with van der Waals surface area (Å²) in [5.41, 5.74) is 6.22. The molecule has 4 heteroatoms. The summed E-state index contributed by atoms with van der Waals surface area (Å²) >= 11 is 2.43. The Morgan fingerprint density at radius 3 is 2.27 bits per heavy atom. The van der Waals surface area contributed by atoms with Gasteiger partial charge in [0.05, 0.1) is 16.9 Å². The number of hydrogen-bond acceptors (Lipinski definition) is 2. The Morgan fingerprint density at radius 2 is 1.46 bits per heavy atom. The summed E-state index contributed by atoms with van der Waals surface area (Å²) in [7, 11) is 0. The molecule has 0 radical (unpaired) electrons. The molecule has 0 aliphatic carbocycles. The Labute approximate surface area is 165 Å². The third-order valence-corrected chi connectivity index (χ3v) is 6.01. The number of carbonyl (C=O) groups excluding carboxylic acids is 1. The van der Waals surface area contributed by atoms with E-state index in [4.69, 9.17) is 0 Å². The van der Waals surface area contributed by atoms with Gasteiger partial charge in [-0.1, -0.05) is 66.7 Å². The van der Waals surface area contributed by atoms with Crippen LogP contribution in [0.25, 0.3) is 9.28 Å². The van der Waals surface area contributed by atoms with E-state index in [1.54, 1.807) is 0 Å². The predicted octanol–water partition coefficient (Wildman–Crippen LogP) is 5.21. The zero-order chi connectivity index (χ0) is 17.7. The zero-order valence-electron chi connectivity index (χ0n) is 13.8. The van der Waals surface area contributed by atoms with Gasteiger partial charge < -0.3 is 10.2 Å². The van der Waals surface area contributed by atoms with E-state index in [0.29, 0.717) is 5.56 Å². The van der Waals surface area contributed by atoms with E-state index < -0.39 is 0 Å². The molecule has 3 aromatic carbocycles. The minimum absolute atomic E-state index is 0.0269. The topological polar surface area (TPSA) is 32.3 Å². The van der Waals surface area contributed by atoms with Crippen LogP contribution in [-0.2, 0) is 0 Å². The van der Waals surface area contributed by atoms with Gasteiger partial charge in [-0.05, 0) is 45.9 Å². The van der Waals surface area contributed by atoms with Gasteiger partial charge in [-0.2, -0.15) is 0 Å². The van der Waals surface area contributed by atoms with Crippen LogP contribution in [-0.4, -0.2) is 5.91 Å². The lowest BCUT2D eigenvalue weighted by molar-refractivity contribution is 0.0930. The molecule has 0 fully saturated rings. The highest BCUT2D eigenvalue weighted by Gasteiger charge is 2.39. The molecule has 0 aromatic heterocycles. The van der Waals surface area contributed by atoms with Gasteiger partial charge >= 0.3 is 0 Å². The molecule has 3 nitrogen and oxygen atoms in total. The SMILES string of the molecule is O=C1NC2c3ccccc3C(I)=C(c3ccccc3)N2c2ccccc21. The number of benzene rings is 3. The molecule has 2 aliphatic heterocycles. The number of halogens is 1. The Morgan fingerprint density at radius 1 is 0.808 bits per heavy atom. The van der Waals surface area contributed by atoms with Crippen molar-refractivity contribution in [2.24, 2.45) is 0 Å². The second kappa shape index (κ2) is 5.99. The average molecular weight is 450 g/mol. The quantitative estimate of drug-likeness (QED) is 0.517. The first kappa shape index (κ1) is 15.6. The summed E-state index contributed by atoms with van der Waals surface area (Å²) in [6.45, 7) is 0. The number of nitrogens with zero attached hydrogens (tertiary/aromatic N) is 1. The molecule has 2 heterocycles. The van der Waals surface area contributed by atoms with Crippen LogP contribution in [0.15, 0.2) is 78.9 Å². The van der Waals surface area contributed by atoms with E-state index in [2.05, 4.69) is 69.2 Å². The van der Waals surface area contributed by atoms with Crippen LogP contribution in [0.1, 0.15) is 33.2 Å². The zero-order valence-corrected chi connectivity index (χ0v) is 16.0. The summed E-state index contributed by atoms with van der Waals surface area (Å²) in [4.78, 5) is 15.0. The number of carbonyl (C=O) groups is 1. The maximum absolute atomic E-state index is 12.7. The normalized spacial score (nSPS) is 18.0. The Kier molecular flexibility index (Phi) is 3.60.